The molecule has 0 radical (unpaired) electrons. The molecule has 0 bridgehead atoms. The molecule has 1 atom stereocenters. The molecule has 1 heterocycles. The highest BCUT2D eigenvalue weighted by atomic mass is 32.2. The van der Waals surface area contributed by atoms with Gasteiger partial charge in [0.1, 0.15) is 11.5 Å². The lowest BCUT2D eigenvalue weighted by molar-refractivity contribution is -0.122. The first-order valence-corrected chi connectivity index (χ1v) is 13.5. The van der Waals surface area contributed by atoms with Gasteiger partial charge < -0.3 is 14.8 Å². The first-order valence-electron chi connectivity index (χ1n) is 11.1. The van der Waals surface area contributed by atoms with Gasteiger partial charge in [0.25, 0.3) is 5.91 Å². The average Bonchev–Trinajstić information content (AvgIpc) is 3.43. The molecule has 2 aromatic carbocycles. The van der Waals surface area contributed by atoms with Crippen molar-refractivity contribution >= 4 is 38.3 Å². The van der Waals surface area contributed by atoms with Crippen LogP contribution in [0.4, 0.5) is 5.13 Å². The molecule has 0 fully saturated rings. The molecule has 1 aliphatic rings. The Kier molecular flexibility index (Phi) is 7.57. The summed E-state index contributed by atoms with van der Waals surface area (Å²) in [5, 5.41) is 11.3. The average molecular weight is 531 g/mol. The number of carbonyl (C=O) groups is 2. The van der Waals surface area contributed by atoms with E-state index in [0.29, 0.717) is 53.7 Å². The van der Waals surface area contributed by atoms with Crippen LogP contribution in [-0.2, 0) is 27.7 Å². The minimum Gasteiger partial charge on any atom is -0.497 e. The number of benzene rings is 2. The fourth-order valence-corrected chi connectivity index (χ4v) is 5.49. The van der Waals surface area contributed by atoms with E-state index in [1.165, 1.54) is 37.7 Å². The summed E-state index contributed by atoms with van der Waals surface area (Å²) in [5.74, 6) is 0.129. The lowest BCUT2D eigenvalue weighted by atomic mass is 10.1. The maximum atomic E-state index is 12.8. The molecule has 0 spiro atoms. The molecule has 0 saturated carbocycles. The fourth-order valence-electron chi connectivity index (χ4n) is 3.94. The van der Waals surface area contributed by atoms with Crippen LogP contribution in [0.25, 0.3) is 0 Å². The second-order valence-electron chi connectivity index (χ2n) is 8.20. The number of nitrogens with zero attached hydrogens (tertiary/aromatic N) is 1. The summed E-state index contributed by atoms with van der Waals surface area (Å²) in [6.45, 7) is 0.394. The predicted molar refractivity (Wildman–Crippen MR) is 135 cm³/mol. The van der Waals surface area contributed by atoms with E-state index in [4.69, 9.17) is 14.6 Å². The number of methoxy groups -OCH3 is 2. The second kappa shape index (κ2) is 10.6. The Bertz CT molecular complexity index is 1360. The molecule has 1 aliphatic carbocycles. The van der Waals surface area contributed by atoms with Gasteiger partial charge >= 0.3 is 0 Å². The smallest absolute Gasteiger partial charge is 0.257 e. The third-order valence-corrected chi connectivity index (χ3v) is 7.81. The van der Waals surface area contributed by atoms with Crippen molar-refractivity contribution in [2.75, 3.05) is 26.1 Å². The number of hydrogen-bond donors (Lipinski definition) is 3. The molecular formula is C24H26N4O6S2. The van der Waals surface area contributed by atoms with Gasteiger partial charge in [-0.15, -0.1) is 11.3 Å². The Labute approximate surface area is 212 Å². The molecule has 190 valence electrons. The minimum absolute atomic E-state index is 0.0470. The molecule has 0 aliphatic heterocycles. The minimum atomic E-state index is -3.73. The number of aromatic nitrogens is 1. The number of aryl methyl sites for hydroxylation is 1. The van der Waals surface area contributed by atoms with Crippen LogP contribution in [0.2, 0.25) is 0 Å². The predicted octanol–water partition coefficient (Wildman–Crippen LogP) is 2.45. The molecule has 3 aromatic rings. The van der Waals surface area contributed by atoms with Crippen molar-refractivity contribution in [1.29, 1.82) is 0 Å². The van der Waals surface area contributed by atoms with Crippen LogP contribution in [-0.4, -0.2) is 46.0 Å². The Hall–Kier alpha value is -3.48. The highest BCUT2D eigenvalue weighted by molar-refractivity contribution is 7.89. The van der Waals surface area contributed by atoms with Gasteiger partial charge in [0.15, 0.2) is 5.13 Å². The van der Waals surface area contributed by atoms with Crippen LogP contribution >= 0.6 is 11.3 Å². The number of nitrogens with two attached hydrogens (primary N) is 1. The molecule has 12 heteroatoms. The highest BCUT2D eigenvalue weighted by Crippen LogP contribution is 2.38. The molecular weight excluding hydrogens is 504 g/mol. The van der Waals surface area contributed by atoms with Gasteiger partial charge in [0.2, 0.25) is 15.9 Å². The normalized spacial score (nSPS) is 14.7. The maximum absolute atomic E-state index is 12.8. The van der Waals surface area contributed by atoms with E-state index in [1.807, 2.05) is 0 Å². The number of rotatable bonds is 9. The maximum Gasteiger partial charge on any atom is 0.257 e. The third-order valence-electron chi connectivity index (χ3n) is 5.83. The van der Waals surface area contributed by atoms with Crippen LogP contribution in [0.3, 0.4) is 0 Å². The van der Waals surface area contributed by atoms with Crippen molar-refractivity contribution in [3.63, 3.8) is 0 Å². The van der Waals surface area contributed by atoms with Gasteiger partial charge in [-0.25, -0.2) is 18.5 Å². The number of primary sulfonamides is 1. The van der Waals surface area contributed by atoms with Crippen molar-refractivity contribution < 1.29 is 27.5 Å². The van der Waals surface area contributed by atoms with Gasteiger partial charge in [-0.3, -0.25) is 14.9 Å². The van der Waals surface area contributed by atoms with Gasteiger partial charge in [0.05, 0.1) is 30.7 Å². The lowest BCUT2D eigenvalue weighted by Crippen LogP contribution is -2.30. The van der Waals surface area contributed by atoms with Crippen molar-refractivity contribution in [2.45, 2.75) is 30.1 Å². The zero-order valence-corrected chi connectivity index (χ0v) is 21.4. The van der Waals surface area contributed by atoms with E-state index in [2.05, 4.69) is 15.6 Å². The number of sulfonamides is 1. The second-order valence-corrected chi connectivity index (χ2v) is 10.8. The van der Waals surface area contributed by atoms with Crippen LogP contribution < -0.4 is 25.2 Å². The zero-order valence-electron chi connectivity index (χ0n) is 19.7. The van der Waals surface area contributed by atoms with Crippen LogP contribution in [0.5, 0.6) is 11.5 Å². The van der Waals surface area contributed by atoms with Crippen LogP contribution in [0.15, 0.2) is 47.4 Å². The summed E-state index contributed by atoms with van der Waals surface area (Å²) in [6.07, 6.45) is 1.91. The molecule has 4 rings (SSSR count). The lowest BCUT2D eigenvalue weighted by Gasteiger charge is -2.11. The van der Waals surface area contributed by atoms with Crippen LogP contribution in [0.1, 0.15) is 38.8 Å². The fraction of sp³-hybridized carbons (Fsp3) is 0.292. The monoisotopic (exact) mass is 530 g/mol. The van der Waals surface area contributed by atoms with E-state index in [1.54, 1.807) is 30.3 Å². The van der Waals surface area contributed by atoms with E-state index in [-0.39, 0.29) is 22.6 Å². The van der Waals surface area contributed by atoms with Crippen molar-refractivity contribution in [1.82, 2.24) is 10.3 Å². The molecule has 2 amide bonds. The van der Waals surface area contributed by atoms with E-state index < -0.39 is 10.0 Å². The quantitative estimate of drug-likeness (QED) is 0.385. The topological polar surface area (TPSA) is 150 Å². The Morgan fingerprint density at radius 2 is 1.78 bits per heavy atom. The Morgan fingerprint density at radius 3 is 2.39 bits per heavy atom. The van der Waals surface area contributed by atoms with Gasteiger partial charge in [-0.05, 0) is 49.1 Å². The Morgan fingerprint density at radius 1 is 1.11 bits per heavy atom. The molecule has 0 saturated heterocycles. The number of amides is 2. The molecule has 36 heavy (non-hydrogen) atoms. The summed E-state index contributed by atoms with van der Waals surface area (Å²) in [4.78, 5) is 31.2. The summed E-state index contributed by atoms with van der Waals surface area (Å²) >= 11 is 1.37. The first-order chi connectivity index (χ1) is 17.2. The van der Waals surface area contributed by atoms with E-state index >= 15 is 0 Å². The molecule has 1 aromatic heterocycles. The largest absolute Gasteiger partial charge is 0.497 e. The van der Waals surface area contributed by atoms with E-state index in [0.717, 1.165) is 10.4 Å². The number of ether oxygens (including phenoxy) is 2. The summed E-state index contributed by atoms with van der Waals surface area (Å²) in [6, 6.07) is 11.1. The third kappa shape index (κ3) is 5.83. The number of fused-ring (bicyclic) bond motifs is 1. The number of anilines is 1. The zero-order chi connectivity index (χ0) is 25.9. The van der Waals surface area contributed by atoms with Gasteiger partial charge in [0, 0.05) is 23.1 Å². The summed E-state index contributed by atoms with van der Waals surface area (Å²) < 4.78 is 33.2. The number of carbonyl (C=O) groups excluding carboxylic acids is 2. The number of hydrogen-bond acceptors (Lipinski definition) is 8. The summed E-state index contributed by atoms with van der Waals surface area (Å²) in [5.41, 5.74) is 1.93. The summed E-state index contributed by atoms with van der Waals surface area (Å²) in [7, 11) is -0.712. The van der Waals surface area contributed by atoms with Crippen molar-refractivity contribution in [3.05, 3.63) is 64.2 Å². The standard InChI is InChI=1S/C24H26N4O6S2/c1-33-16-11-15(12-17(13-16)34-2)22(29)28-24-27-21-19(7-8-20(21)35-24)23(30)26-10-9-14-3-5-18(6-4-14)36(25,31)32/h3-6,11-13,19H,7-10H2,1-2H3,(H,26,30)(H2,25,31,32)(H,27,28,29). The van der Waals surface area contributed by atoms with Gasteiger partial charge in [-0.2, -0.15) is 0 Å². The Balaban J connectivity index is 1.35. The number of nitrogens with one attached hydrogen (secondary N) is 2. The SMILES string of the molecule is COc1cc(OC)cc(C(=O)Nc2nc3c(s2)CCC3C(=O)NCCc2ccc(S(N)(=O)=O)cc2)c1. The molecule has 4 N–H and O–H groups in total. The first kappa shape index (κ1) is 25.6. The highest BCUT2D eigenvalue weighted by Gasteiger charge is 2.32. The van der Waals surface area contributed by atoms with Crippen molar-refractivity contribution in [3.8, 4) is 11.5 Å². The van der Waals surface area contributed by atoms with Gasteiger partial charge in [-0.1, -0.05) is 12.1 Å². The van der Waals surface area contributed by atoms with E-state index in [9.17, 15) is 18.0 Å². The molecule has 10 nitrogen and oxygen atoms in total. The number of thiazole rings is 1. The van der Waals surface area contributed by atoms with Crippen LogP contribution in [0, 0.1) is 0 Å². The molecule has 1 unspecified atom stereocenters. The van der Waals surface area contributed by atoms with Crippen molar-refractivity contribution in [2.24, 2.45) is 5.14 Å².